The molecule has 12 nitrogen and oxygen atoms in total. The molecule has 0 radical (unpaired) electrons. The minimum absolute atomic E-state index is 0.147. The van der Waals surface area contributed by atoms with Gasteiger partial charge in [-0.15, -0.1) is 0 Å². The highest BCUT2D eigenvalue weighted by molar-refractivity contribution is 7.98. The third-order valence-electron chi connectivity index (χ3n) is 4.44. The molecule has 3 amide bonds. The molecule has 0 aliphatic heterocycles. The largest absolute Gasteiger partial charge is 0.480 e. The van der Waals surface area contributed by atoms with E-state index in [2.05, 4.69) is 16.0 Å². The number of hydrogen-bond acceptors (Lipinski definition) is 9. The van der Waals surface area contributed by atoms with Gasteiger partial charge in [0, 0.05) is 0 Å². The van der Waals surface area contributed by atoms with Gasteiger partial charge < -0.3 is 42.7 Å². The molecule has 0 aliphatic rings. The van der Waals surface area contributed by atoms with E-state index in [1.807, 2.05) is 0 Å². The summed E-state index contributed by atoms with van der Waals surface area (Å²) in [4.78, 5) is 48.5. The first-order valence-electron chi connectivity index (χ1n) is 9.96. The van der Waals surface area contributed by atoms with Crippen molar-refractivity contribution in [3.63, 3.8) is 0 Å². The molecule has 5 atom stereocenters. The summed E-state index contributed by atoms with van der Waals surface area (Å²) >= 11 is 1.43. The lowest BCUT2D eigenvalue weighted by molar-refractivity contribution is -0.142. The summed E-state index contributed by atoms with van der Waals surface area (Å²) < 4.78 is 0. The van der Waals surface area contributed by atoms with Crippen LogP contribution in [0.2, 0.25) is 0 Å². The molecule has 0 saturated heterocycles. The molecule has 0 fully saturated rings. The number of amides is 3. The number of carbonyl (C=O) groups excluding carboxylic acids is 3. The molecule has 0 aromatic carbocycles. The van der Waals surface area contributed by atoms with E-state index in [1.165, 1.54) is 18.7 Å². The van der Waals surface area contributed by atoms with Crippen LogP contribution in [0.1, 0.15) is 32.6 Å². The van der Waals surface area contributed by atoms with Gasteiger partial charge in [-0.2, -0.15) is 11.8 Å². The van der Waals surface area contributed by atoms with Gasteiger partial charge in [0.2, 0.25) is 17.7 Å². The SMILES string of the molecule is CSCCC(NC(=O)C(N)C(C)O)C(=O)NC(CO)C(=O)NC(CCCCN)C(=O)O. The summed E-state index contributed by atoms with van der Waals surface area (Å²) in [6, 6.07) is -4.92. The Morgan fingerprint density at radius 3 is 1.97 bits per heavy atom. The summed E-state index contributed by atoms with van der Waals surface area (Å²) in [5.41, 5.74) is 11.0. The number of unbranched alkanes of at least 4 members (excludes halogenated alkanes) is 1. The number of thioether (sulfide) groups is 1. The van der Waals surface area contributed by atoms with Crippen LogP contribution in [0.25, 0.3) is 0 Å². The topological polar surface area (TPSA) is 217 Å². The van der Waals surface area contributed by atoms with Crippen LogP contribution in [0.3, 0.4) is 0 Å². The van der Waals surface area contributed by atoms with Crippen LogP contribution >= 0.6 is 11.8 Å². The zero-order chi connectivity index (χ0) is 24.0. The van der Waals surface area contributed by atoms with Crippen LogP contribution in [-0.2, 0) is 19.2 Å². The lowest BCUT2D eigenvalue weighted by atomic mass is 10.1. The van der Waals surface area contributed by atoms with Crippen molar-refractivity contribution < 1.29 is 34.5 Å². The molecule has 5 unspecified atom stereocenters. The van der Waals surface area contributed by atoms with Gasteiger partial charge in [0.25, 0.3) is 0 Å². The first-order chi connectivity index (χ1) is 14.6. The fourth-order valence-electron chi connectivity index (χ4n) is 2.48. The van der Waals surface area contributed by atoms with Crippen LogP contribution in [0, 0.1) is 0 Å². The van der Waals surface area contributed by atoms with Crippen LogP contribution in [0.5, 0.6) is 0 Å². The van der Waals surface area contributed by atoms with Gasteiger partial charge in [-0.25, -0.2) is 4.79 Å². The summed E-state index contributed by atoms with van der Waals surface area (Å²) in [6.07, 6.45) is 2.10. The lowest BCUT2D eigenvalue weighted by Crippen LogP contribution is -2.59. The lowest BCUT2D eigenvalue weighted by Gasteiger charge is -2.24. The molecule has 13 heteroatoms. The van der Waals surface area contributed by atoms with Gasteiger partial charge in [0.05, 0.1) is 12.7 Å². The summed E-state index contributed by atoms with van der Waals surface area (Å²) in [6.45, 7) is 0.945. The first-order valence-corrected chi connectivity index (χ1v) is 11.4. The van der Waals surface area contributed by atoms with Crippen LogP contribution < -0.4 is 27.4 Å². The Labute approximate surface area is 185 Å². The van der Waals surface area contributed by atoms with E-state index < -0.39 is 60.6 Å². The maximum Gasteiger partial charge on any atom is 0.326 e. The Morgan fingerprint density at radius 2 is 1.48 bits per heavy atom. The molecular weight excluding hydrogens is 430 g/mol. The molecule has 0 spiro atoms. The van der Waals surface area contributed by atoms with E-state index in [9.17, 15) is 34.5 Å². The standard InChI is InChI=1S/C18H35N5O7S/c1-10(25)14(20)17(28)21-11(6-8-31-2)15(26)23-13(9-24)16(27)22-12(18(29)30)5-3-4-7-19/h10-14,24-25H,3-9,19-20H2,1-2H3,(H,21,28)(H,22,27)(H,23,26)(H,29,30). The van der Waals surface area contributed by atoms with E-state index in [0.29, 0.717) is 25.1 Å². The highest BCUT2D eigenvalue weighted by atomic mass is 32.2. The normalized spacial score (nSPS) is 15.8. The highest BCUT2D eigenvalue weighted by Crippen LogP contribution is 2.04. The molecule has 180 valence electrons. The van der Waals surface area contributed by atoms with Crippen LogP contribution in [0.15, 0.2) is 0 Å². The maximum absolute atomic E-state index is 12.6. The van der Waals surface area contributed by atoms with Crippen LogP contribution in [-0.4, -0.2) is 94.4 Å². The van der Waals surface area contributed by atoms with Crippen molar-refractivity contribution in [1.82, 2.24) is 16.0 Å². The van der Waals surface area contributed by atoms with Crippen molar-refractivity contribution >= 4 is 35.5 Å². The molecule has 0 aromatic rings. The number of hydrogen-bond donors (Lipinski definition) is 8. The van der Waals surface area contributed by atoms with Crippen molar-refractivity contribution in [1.29, 1.82) is 0 Å². The summed E-state index contributed by atoms with van der Waals surface area (Å²) in [7, 11) is 0. The number of carboxylic acids is 1. The number of nitrogens with one attached hydrogen (secondary N) is 3. The third-order valence-corrected chi connectivity index (χ3v) is 5.09. The zero-order valence-electron chi connectivity index (χ0n) is 17.9. The molecule has 0 heterocycles. The van der Waals surface area contributed by atoms with E-state index >= 15 is 0 Å². The van der Waals surface area contributed by atoms with Crippen molar-refractivity contribution in [3.8, 4) is 0 Å². The monoisotopic (exact) mass is 465 g/mol. The maximum atomic E-state index is 12.6. The van der Waals surface area contributed by atoms with E-state index in [-0.39, 0.29) is 12.8 Å². The molecule has 0 aliphatic carbocycles. The number of nitrogens with two attached hydrogens (primary N) is 2. The van der Waals surface area contributed by atoms with Gasteiger partial charge in [-0.05, 0) is 51.2 Å². The number of aliphatic hydroxyl groups excluding tert-OH is 2. The molecule has 0 aromatic heterocycles. The Morgan fingerprint density at radius 1 is 0.935 bits per heavy atom. The number of carbonyl (C=O) groups is 4. The van der Waals surface area contributed by atoms with Crippen molar-refractivity contribution in [3.05, 3.63) is 0 Å². The second-order valence-electron chi connectivity index (χ2n) is 7.04. The molecular formula is C18H35N5O7S. The fraction of sp³-hybridized carbons (Fsp3) is 0.778. The Hall–Kier alpha value is -1.93. The molecule has 0 rings (SSSR count). The van der Waals surface area contributed by atoms with E-state index in [4.69, 9.17) is 11.5 Å². The fourth-order valence-corrected chi connectivity index (χ4v) is 2.95. The van der Waals surface area contributed by atoms with Gasteiger partial charge in [-0.3, -0.25) is 14.4 Å². The Balaban J connectivity index is 5.13. The minimum atomic E-state index is -1.41. The molecule has 10 N–H and O–H groups in total. The third kappa shape index (κ3) is 11.3. The van der Waals surface area contributed by atoms with Gasteiger partial charge in [0.1, 0.15) is 24.2 Å². The average Bonchev–Trinajstić information content (AvgIpc) is 2.72. The van der Waals surface area contributed by atoms with Gasteiger partial charge in [0.15, 0.2) is 0 Å². The van der Waals surface area contributed by atoms with Gasteiger partial charge in [-0.1, -0.05) is 0 Å². The predicted molar refractivity (Wildman–Crippen MR) is 116 cm³/mol. The van der Waals surface area contributed by atoms with Crippen molar-refractivity contribution in [2.75, 3.05) is 25.2 Å². The molecule has 0 bridgehead atoms. The quantitative estimate of drug-likeness (QED) is 0.109. The minimum Gasteiger partial charge on any atom is -0.480 e. The number of rotatable bonds is 16. The Kier molecular flexibility index (Phi) is 14.8. The Bertz CT molecular complexity index is 594. The number of aliphatic hydroxyl groups is 2. The van der Waals surface area contributed by atoms with E-state index in [0.717, 1.165) is 0 Å². The number of aliphatic carboxylic acids is 1. The number of carboxylic acid groups (broad SMARTS) is 1. The summed E-state index contributed by atoms with van der Waals surface area (Å²) in [5, 5.41) is 35.3. The summed E-state index contributed by atoms with van der Waals surface area (Å²) in [5.74, 6) is -3.10. The first kappa shape index (κ1) is 29.1. The van der Waals surface area contributed by atoms with Crippen molar-refractivity contribution in [2.24, 2.45) is 11.5 Å². The second-order valence-corrected chi connectivity index (χ2v) is 8.02. The average molecular weight is 466 g/mol. The van der Waals surface area contributed by atoms with E-state index in [1.54, 1.807) is 6.26 Å². The highest BCUT2D eigenvalue weighted by Gasteiger charge is 2.30. The van der Waals surface area contributed by atoms with Gasteiger partial charge >= 0.3 is 5.97 Å². The molecule has 0 saturated carbocycles. The van der Waals surface area contributed by atoms with Crippen molar-refractivity contribution in [2.45, 2.75) is 62.9 Å². The second kappa shape index (κ2) is 15.8. The molecule has 31 heavy (non-hydrogen) atoms. The zero-order valence-corrected chi connectivity index (χ0v) is 18.7. The predicted octanol–water partition coefficient (Wildman–Crippen LogP) is -2.89. The smallest absolute Gasteiger partial charge is 0.326 e. The van der Waals surface area contributed by atoms with Crippen LogP contribution in [0.4, 0.5) is 0 Å².